The van der Waals surface area contributed by atoms with E-state index in [4.69, 9.17) is 4.74 Å². The van der Waals surface area contributed by atoms with E-state index < -0.39 is 13.3 Å². The predicted molar refractivity (Wildman–Crippen MR) is 183 cm³/mol. The second-order valence-electron chi connectivity index (χ2n) is 12.7. The van der Waals surface area contributed by atoms with Crippen molar-refractivity contribution < 1.29 is 4.74 Å². The standard InChI is InChI=1S/C38H38BGeNO/c1-25(2)40(26(3)4)32-17-9-7-15-30(32)39(31-16-8-10-18-33(31)40)38-27(5)23-29(24-28(38)6)41-34-19-11-13-21-36(34)42-37-22-14-12-20-35(37)41/h7-26H,1-6H3. The molecule has 0 bridgehead atoms. The molecular weight excluding hydrogens is 570 g/mol. The van der Waals surface area contributed by atoms with E-state index in [-0.39, 0.29) is 6.71 Å². The third-order valence-corrected chi connectivity index (χ3v) is 23.1. The van der Waals surface area contributed by atoms with Gasteiger partial charge in [-0.25, -0.2) is 0 Å². The molecule has 0 aliphatic carbocycles. The molecule has 2 aliphatic heterocycles. The Morgan fingerprint density at radius 1 is 0.595 bits per heavy atom. The predicted octanol–water partition coefficient (Wildman–Crippen LogP) is 7.09. The van der Waals surface area contributed by atoms with Crippen molar-refractivity contribution in [1.82, 2.24) is 0 Å². The summed E-state index contributed by atoms with van der Waals surface area (Å²) in [5, 5.41) is 0. The van der Waals surface area contributed by atoms with Crippen molar-refractivity contribution in [1.29, 1.82) is 0 Å². The Morgan fingerprint density at radius 3 is 1.50 bits per heavy atom. The topological polar surface area (TPSA) is 12.5 Å². The van der Waals surface area contributed by atoms with Gasteiger partial charge in [-0.1, -0.05) is 0 Å². The molecule has 208 valence electrons. The maximum atomic E-state index is 6.31. The van der Waals surface area contributed by atoms with Crippen LogP contribution in [0.25, 0.3) is 0 Å². The van der Waals surface area contributed by atoms with Gasteiger partial charge >= 0.3 is 255 Å². The normalized spacial score (nSPS) is 14.7. The van der Waals surface area contributed by atoms with Gasteiger partial charge in [0.1, 0.15) is 0 Å². The summed E-state index contributed by atoms with van der Waals surface area (Å²) < 4.78 is 11.0. The maximum absolute atomic E-state index is 6.31. The monoisotopic (exact) mass is 609 g/mol. The van der Waals surface area contributed by atoms with Crippen LogP contribution in [0.3, 0.4) is 0 Å². The van der Waals surface area contributed by atoms with Gasteiger partial charge in [-0.2, -0.15) is 0 Å². The fraction of sp³-hybridized carbons (Fsp3) is 0.211. The summed E-state index contributed by atoms with van der Waals surface area (Å²) in [5.74, 6) is 1.77. The van der Waals surface area contributed by atoms with Crippen LogP contribution in [0.2, 0.25) is 9.50 Å². The van der Waals surface area contributed by atoms with Crippen molar-refractivity contribution in [3.8, 4) is 11.5 Å². The Balaban J connectivity index is 1.45. The Bertz CT molecular complexity index is 1700. The van der Waals surface area contributed by atoms with Crippen LogP contribution in [-0.2, 0) is 0 Å². The molecule has 2 aliphatic rings. The minimum atomic E-state index is -2.72. The van der Waals surface area contributed by atoms with Crippen LogP contribution >= 0.6 is 0 Å². The van der Waals surface area contributed by atoms with Crippen LogP contribution < -0.4 is 34.8 Å². The van der Waals surface area contributed by atoms with Crippen LogP contribution in [0, 0.1) is 13.8 Å². The van der Waals surface area contributed by atoms with Gasteiger partial charge in [-0.05, 0) is 0 Å². The molecule has 0 saturated carbocycles. The number of hydrogen-bond acceptors (Lipinski definition) is 2. The van der Waals surface area contributed by atoms with E-state index in [1.807, 2.05) is 12.1 Å². The number of aryl methyl sites for hydroxylation is 2. The molecule has 0 spiro atoms. The molecule has 42 heavy (non-hydrogen) atoms. The second-order valence-corrected chi connectivity index (χ2v) is 23.4. The summed E-state index contributed by atoms with van der Waals surface area (Å²) in [6.07, 6.45) is 0. The van der Waals surface area contributed by atoms with E-state index in [0.717, 1.165) is 22.9 Å². The van der Waals surface area contributed by atoms with E-state index in [1.165, 1.54) is 33.2 Å². The van der Waals surface area contributed by atoms with Gasteiger partial charge in [0.25, 0.3) is 0 Å². The Morgan fingerprint density at radius 2 is 1.02 bits per heavy atom. The summed E-state index contributed by atoms with van der Waals surface area (Å²) in [7, 11) is 0. The zero-order chi connectivity index (χ0) is 29.2. The Hall–Kier alpha value is -3.69. The first-order valence-electron chi connectivity index (χ1n) is 15.3. The number of rotatable bonds is 4. The number of para-hydroxylation sites is 4. The van der Waals surface area contributed by atoms with Crippen molar-refractivity contribution >= 4 is 62.2 Å². The number of anilines is 3. The summed E-state index contributed by atoms with van der Waals surface area (Å²) in [6.45, 7) is 14.8. The van der Waals surface area contributed by atoms with Gasteiger partial charge in [0, 0.05) is 0 Å². The van der Waals surface area contributed by atoms with Crippen LogP contribution in [0.5, 0.6) is 11.5 Å². The molecule has 2 nitrogen and oxygen atoms in total. The molecule has 5 aromatic rings. The van der Waals surface area contributed by atoms with E-state index in [0.29, 0.717) is 9.50 Å². The van der Waals surface area contributed by atoms with Crippen molar-refractivity contribution in [2.75, 3.05) is 4.90 Å². The number of fused-ring (bicyclic) bond motifs is 4. The fourth-order valence-electron chi connectivity index (χ4n) is 8.30. The molecule has 0 fully saturated rings. The third kappa shape index (κ3) is 3.86. The van der Waals surface area contributed by atoms with Gasteiger partial charge < -0.3 is 0 Å². The molecule has 0 aromatic heterocycles. The van der Waals surface area contributed by atoms with E-state index in [9.17, 15) is 0 Å². The summed E-state index contributed by atoms with van der Waals surface area (Å²) in [6, 6.07) is 40.4. The van der Waals surface area contributed by atoms with Crippen LogP contribution in [0.1, 0.15) is 38.8 Å². The Labute approximate surface area is 253 Å². The van der Waals surface area contributed by atoms with Gasteiger partial charge in [0.15, 0.2) is 0 Å². The van der Waals surface area contributed by atoms with Gasteiger partial charge in [-0.15, -0.1) is 0 Å². The van der Waals surface area contributed by atoms with E-state index in [2.05, 4.69) is 144 Å². The molecule has 0 radical (unpaired) electrons. The fourth-order valence-corrected chi connectivity index (χ4v) is 21.5. The van der Waals surface area contributed by atoms with Crippen LogP contribution in [0.15, 0.2) is 109 Å². The number of nitrogens with zero attached hydrogens (tertiary/aromatic N) is 1. The van der Waals surface area contributed by atoms with Gasteiger partial charge in [0.05, 0.1) is 0 Å². The quantitative estimate of drug-likeness (QED) is 0.198. The van der Waals surface area contributed by atoms with Crippen molar-refractivity contribution in [3.05, 3.63) is 120 Å². The minimum absolute atomic E-state index is 0.229. The molecule has 4 heteroatoms. The molecule has 0 saturated heterocycles. The molecule has 0 atom stereocenters. The van der Waals surface area contributed by atoms with Crippen molar-refractivity contribution in [2.24, 2.45) is 0 Å². The van der Waals surface area contributed by atoms with Crippen LogP contribution in [-0.4, -0.2) is 20.0 Å². The molecule has 0 N–H and O–H groups in total. The number of benzene rings is 5. The van der Waals surface area contributed by atoms with E-state index in [1.54, 1.807) is 8.79 Å². The molecule has 7 rings (SSSR count). The summed E-state index contributed by atoms with van der Waals surface area (Å²) in [5.41, 5.74) is 10.5. The average molecular weight is 608 g/mol. The van der Waals surface area contributed by atoms with E-state index >= 15 is 0 Å². The zero-order valence-electron chi connectivity index (χ0n) is 25.5. The summed E-state index contributed by atoms with van der Waals surface area (Å²) >= 11 is -2.72. The van der Waals surface area contributed by atoms with Crippen molar-refractivity contribution in [3.63, 3.8) is 0 Å². The van der Waals surface area contributed by atoms with Gasteiger partial charge in [-0.3, -0.25) is 0 Å². The number of hydrogen-bond donors (Lipinski definition) is 0. The molecule has 2 heterocycles. The van der Waals surface area contributed by atoms with Crippen LogP contribution in [0.4, 0.5) is 17.1 Å². The summed E-state index contributed by atoms with van der Waals surface area (Å²) in [4.78, 5) is 2.36. The first kappa shape index (κ1) is 27.2. The second kappa shape index (κ2) is 10.2. The molecule has 5 aromatic carbocycles. The molecule has 0 amide bonds. The zero-order valence-corrected chi connectivity index (χ0v) is 27.6. The number of ether oxygens (including phenoxy) is 1. The third-order valence-electron chi connectivity index (χ3n) is 9.81. The average Bonchev–Trinajstić information content (AvgIpc) is 2.98. The SMILES string of the molecule is Cc1cc(N2c3ccccc3Oc3ccccc32)cc(C)c1B1c2cccc[c]2[Ge]([CH](C)C)([CH](C)C)[c]2ccccc21. The molecule has 0 unspecified atom stereocenters. The van der Waals surface area contributed by atoms with Gasteiger partial charge in [0.2, 0.25) is 0 Å². The first-order chi connectivity index (χ1) is 20.3. The molecular formula is C38H38BGeNO. The van der Waals surface area contributed by atoms with Crippen molar-refractivity contribution in [2.45, 2.75) is 51.0 Å². The first-order valence-corrected chi connectivity index (χ1v) is 19.8. The Kier molecular flexibility index (Phi) is 6.62.